The second-order valence-electron chi connectivity index (χ2n) is 13.0. The van der Waals surface area contributed by atoms with Crippen molar-refractivity contribution >= 4 is 105 Å². The van der Waals surface area contributed by atoms with Crippen molar-refractivity contribution in [3.63, 3.8) is 0 Å². The van der Waals surface area contributed by atoms with Gasteiger partial charge in [-0.25, -0.2) is 14.8 Å². The van der Waals surface area contributed by atoms with Crippen LogP contribution in [0.2, 0.25) is 0 Å². The van der Waals surface area contributed by atoms with Crippen molar-refractivity contribution in [2.24, 2.45) is 0 Å². The largest absolute Gasteiger partial charge is 0.479 e. The second kappa shape index (κ2) is 22.2. The van der Waals surface area contributed by atoms with Gasteiger partial charge < -0.3 is 51.9 Å². The van der Waals surface area contributed by atoms with E-state index in [0.29, 0.717) is 29.0 Å². The number of carboxylic acids is 2. The average Bonchev–Trinajstić information content (AvgIpc) is 3.27. The van der Waals surface area contributed by atoms with Crippen LogP contribution in [0, 0.1) is 0 Å². The molecule has 0 spiro atoms. The Bertz CT molecular complexity index is 2720. The van der Waals surface area contributed by atoms with Crippen LogP contribution in [0.25, 0.3) is 12.2 Å². The van der Waals surface area contributed by atoms with E-state index in [0.717, 1.165) is 6.07 Å². The number of aliphatic hydroxyl groups excluding tert-OH is 2. The minimum Gasteiger partial charge on any atom is -0.479 e. The first kappa shape index (κ1) is 46.9. The van der Waals surface area contributed by atoms with Gasteiger partial charge in [0.1, 0.15) is 4.90 Å². The Labute approximate surface area is 372 Å². The minimum atomic E-state index is -4.86. The van der Waals surface area contributed by atoms with Gasteiger partial charge in [0.25, 0.3) is 10.1 Å². The molecular formula is C39H38N12O12S2. The maximum atomic E-state index is 12.7. The van der Waals surface area contributed by atoms with E-state index >= 15 is 0 Å². The molecule has 65 heavy (non-hydrogen) atoms. The first-order valence-electron chi connectivity index (χ1n) is 18.8. The number of carbonyl (C=O) groups is 2. The fraction of sp³-hybridized carbons (Fsp3) is 0.128. The lowest BCUT2D eigenvalue weighted by Gasteiger charge is -2.21. The van der Waals surface area contributed by atoms with E-state index in [4.69, 9.17) is 9.59 Å². The SMILES string of the molecule is O=C(O)C(Nc1nc(Nc2ccccc2)nc(Nc2ccc(/C=C/c3ccc(Nc4nc(Nc5ccccc5)nc(N(CCO)CCO)n4)cc3S(=O)(=O)O)c(SOOO)c2)n1)C(=O)O. The van der Waals surface area contributed by atoms with Crippen LogP contribution in [0.5, 0.6) is 0 Å². The summed E-state index contributed by atoms with van der Waals surface area (Å²) in [7, 11) is -4.86. The van der Waals surface area contributed by atoms with Gasteiger partial charge in [-0.1, -0.05) is 65.7 Å². The molecule has 4 aromatic carbocycles. The zero-order valence-corrected chi connectivity index (χ0v) is 35.0. The van der Waals surface area contributed by atoms with Gasteiger partial charge in [-0.3, -0.25) is 4.55 Å². The molecule has 0 aliphatic carbocycles. The summed E-state index contributed by atoms with van der Waals surface area (Å²) in [6.45, 7) is -0.372. The Morgan fingerprint density at radius 3 is 1.60 bits per heavy atom. The quantitative estimate of drug-likeness (QED) is 0.0104. The molecule has 0 unspecified atom stereocenters. The van der Waals surface area contributed by atoms with Crippen molar-refractivity contribution in [3.05, 3.63) is 108 Å². The van der Waals surface area contributed by atoms with Crippen LogP contribution in [0.1, 0.15) is 11.1 Å². The monoisotopic (exact) mass is 930 g/mol. The Hall–Kier alpha value is -7.56. The second-order valence-corrected chi connectivity index (χ2v) is 15.2. The molecule has 6 rings (SSSR count). The number of aromatic nitrogens is 6. The van der Waals surface area contributed by atoms with Crippen LogP contribution in [-0.2, 0) is 29.1 Å². The molecule has 2 heterocycles. The van der Waals surface area contributed by atoms with Crippen molar-refractivity contribution in [2.75, 3.05) is 57.8 Å². The van der Waals surface area contributed by atoms with E-state index in [1.165, 1.54) is 35.3 Å². The Morgan fingerprint density at radius 1 is 0.646 bits per heavy atom. The highest BCUT2D eigenvalue weighted by atomic mass is 32.2. The van der Waals surface area contributed by atoms with Crippen LogP contribution in [0.4, 0.5) is 58.4 Å². The Balaban J connectivity index is 1.29. The van der Waals surface area contributed by atoms with Crippen LogP contribution in [-0.4, -0.2) is 113 Å². The number of carboxylic acid groups (broad SMARTS) is 2. The van der Waals surface area contributed by atoms with Crippen LogP contribution in [0.15, 0.2) is 107 Å². The van der Waals surface area contributed by atoms with E-state index < -0.39 is 38.9 Å². The van der Waals surface area contributed by atoms with Gasteiger partial charge in [-0.15, -0.1) is 4.33 Å². The number of aliphatic hydroxyl groups is 2. The zero-order valence-electron chi connectivity index (χ0n) is 33.4. The van der Waals surface area contributed by atoms with Crippen molar-refractivity contribution in [1.82, 2.24) is 29.9 Å². The number of anilines is 10. The van der Waals surface area contributed by atoms with Crippen LogP contribution < -0.4 is 31.5 Å². The number of aliphatic carboxylic acids is 2. The molecule has 0 fully saturated rings. The third-order valence-electron chi connectivity index (χ3n) is 8.52. The topological polar surface area (TPSA) is 349 Å². The Kier molecular flexibility index (Phi) is 16.0. The third-order valence-corrected chi connectivity index (χ3v) is 10.1. The lowest BCUT2D eigenvalue weighted by molar-refractivity contribution is -0.432. The molecule has 0 bridgehead atoms. The van der Waals surface area contributed by atoms with Gasteiger partial charge in [0.05, 0.1) is 25.3 Å². The van der Waals surface area contributed by atoms with Crippen LogP contribution >= 0.6 is 12.0 Å². The molecule has 0 saturated carbocycles. The Morgan fingerprint density at radius 2 is 1.11 bits per heavy atom. The molecular weight excluding hydrogens is 893 g/mol. The molecule has 338 valence electrons. The van der Waals surface area contributed by atoms with Gasteiger partial charge >= 0.3 is 11.9 Å². The molecule has 0 radical (unpaired) electrons. The summed E-state index contributed by atoms with van der Waals surface area (Å²) in [6, 6.07) is 24.2. The fourth-order valence-electron chi connectivity index (χ4n) is 5.67. The normalized spacial score (nSPS) is 11.3. The lowest BCUT2D eigenvalue weighted by Crippen LogP contribution is -2.37. The highest BCUT2D eigenvalue weighted by molar-refractivity contribution is 7.94. The molecule has 0 atom stereocenters. The maximum Gasteiger partial charge on any atom is 0.338 e. The van der Waals surface area contributed by atoms with E-state index in [1.807, 2.05) is 6.07 Å². The summed E-state index contributed by atoms with van der Waals surface area (Å²) in [4.78, 5) is 50.3. The summed E-state index contributed by atoms with van der Waals surface area (Å²) in [5.41, 5.74) is 2.05. The molecule has 0 saturated heterocycles. The molecule has 6 aromatic rings. The number of hydrogen-bond donors (Lipinski definition) is 11. The predicted molar refractivity (Wildman–Crippen MR) is 237 cm³/mol. The van der Waals surface area contributed by atoms with Gasteiger partial charge in [0.2, 0.25) is 41.7 Å². The minimum absolute atomic E-state index is 0.0417. The highest BCUT2D eigenvalue weighted by Crippen LogP contribution is 2.32. The fourth-order valence-corrected chi connectivity index (χ4v) is 6.89. The molecule has 0 amide bonds. The van der Waals surface area contributed by atoms with Crippen molar-refractivity contribution in [2.45, 2.75) is 15.8 Å². The molecule has 2 aromatic heterocycles. The smallest absolute Gasteiger partial charge is 0.338 e. The molecule has 24 nitrogen and oxygen atoms in total. The van der Waals surface area contributed by atoms with Crippen molar-refractivity contribution in [3.8, 4) is 0 Å². The first-order chi connectivity index (χ1) is 31.3. The number of rotatable bonds is 23. The maximum absolute atomic E-state index is 12.7. The highest BCUT2D eigenvalue weighted by Gasteiger charge is 2.27. The van der Waals surface area contributed by atoms with E-state index in [9.17, 15) is 43.0 Å². The van der Waals surface area contributed by atoms with Crippen molar-refractivity contribution in [1.29, 1.82) is 0 Å². The molecule has 26 heteroatoms. The predicted octanol–water partition coefficient (Wildman–Crippen LogP) is 4.62. The van der Waals surface area contributed by atoms with E-state index in [-0.39, 0.29) is 77.9 Å². The molecule has 0 aliphatic rings. The first-order valence-corrected chi connectivity index (χ1v) is 21.0. The summed E-state index contributed by atoms with van der Waals surface area (Å²) in [5.74, 6) is -3.90. The number of para-hydroxylation sites is 2. The molecule has 0 aliphatic heterocycles. The van der Waals surface area contributed by atoms with Gasteiger partial charge in [0, 0.05) is 40.7 Å². The van der Waals surface area contributed by atoms with E-state index in [2.05, 4.69) is 61.5 Å². The van der Waals surface area contributed by atoms with Gasteiger partial charge in [-0.05, 0) is 59.7 Å². The summed E-state index contributed by atoms with van der Waals surface area (Å²) >= 11 is 0.549. The lowest BCUT2D eigenvalue weighted by atomic mass is 10.1. The summed E-state index contributed by atoms with van der Waals surface area (Å²) in [5, 5.41) is 64.9. The molecule has 11 N–H and O–H groups in total. The standard InChI is InChI=1S/C39H38N12O12S2/c52-19-17-51(18-20-53)39-49-36(41-26-9-5-2-6-10-26)48-37(50-39)43-28-16-14-24(30(22-28)65(59,60)61)12-11-23-13-15-27(21-29(23)64-63-62-58)42-35-45-34(40-25-7-3-1-4-8-25)46-38(47-35)44-31(32(54)55)33(56)57/h1-16,21-22,31,52-53,58H,17-20H2,(H,54,55)(H,56,57)(H,59,60,61)(H2,41,43,48,49,50)(H3,40,42,44,45,46,47)/b12-11+. The van der Waals surface area contributed by atoms with Gasteiger partial charge in [-0.2, -0.15) is 38.3 Å². The average molecular weight is 931 g/mol. The number of hydrogen-bond acceptors (Lipinski definition) is 22. The number of nitrogens with zero attached hydrogens (tertiary/aromatic N) is 7. The number of nitrogens with one attached hydrogen (secondary N) is 5. The number of benzene rings is 4. The van der Waals surface area contributed by atoms with E-state index in [1.54, 1.807) is 66.7 Å². The summed E-state index contributed by atoms with van der Waals surface area (Å²) in [6.07, 6.45) is 2.86. The summed E-state index contributed by atoms with van der Waals surface area (Å²) < 4.78 is 40.5. The zero-order chi connectivity index (χ0) is 46.3. The van der Waals surface area contributed by atoms with Crippen LogP contribution in [0.3, 0.4) is 0 Å². The van der Waals surface area contributed by atoms with Gasteiger partial charge in [0.15, 0.2) is 0 Å². The third kappa shape index (κ3) is 13.5. The van der Waals surface area contributed by atoms with Crippen molar-refractivity contribution < 1.29 is 57.6 Å².